The van der Waals surface area contributed by atoms with Crippen LogP contribution in [0.4, 0.5) is 0 Å². The Morgan fingerprint density at radius 2 is 2.29 bits per heavy atom. The highest BCUT2D eigenvalue weighted by Gasteiger charge is 2.36. The van der Waals surface area contributed by atoms with E-state index in [9.17, 15) is 10.2 Å². The summed E-state index contributed by atoms with van der Waals surface area (Å²) in [6.45, 7) is 4.23. The van der Waals surface area contributed by atoms with Gasteiger partial charge in [-0.3, -0.25) is 4.90 Å². The highest BCUT2D eigenvalue weighted by molar-refractivity contribution is 6.30. The number of hydrogen-bond donors (Lipinski definition) is 2. The number of ether oxygens (including phenoxy) is 1. The lowest BCUT2D eigenvalue weighted by molar-refractivity contribution is -0.105. The van der Waals surface area contributed by atoms with Gasteiger partial charge in [-0.25, -0.2) is 0 Å². The minimum Gasteiger partial charge on any atom is -0.489 e. The van der Waals surface area contributed by atoms with Crippen molar-refractivity contribution in [3.8, 4) is 5.75 Å². The summed E-state index contributed by atoms with van der Waals surface area (Å²) in [5.74, 6) is 0.852. The van der Waals surface area contributed by atoms with Gasteiger partial charge in [-0.1, -0.05) is 11.6 Å². The fourth-order valence-corrected chi connectivity index (χ4v) is 2.98. The molecule has 4 nitrogen and oxygen atoms in total. The largest absolute Gasteiger partial charge is 0.489 e. The van der Waals surface area contributed by atoms with Crippen LogP contribution in [0.3, 0.4) is 0 Å². The van der Waals surface area contributed by atoms with E-state index < -0.39 is 11.7 Å². The van der Waals surface area contributed by atoms with E-state index in [0.29, 0.717) is 24.6 Å². The van der Waals surface area contributed by atoms with Crippen LogP contribution < -0.4 is 4.74 Å². The van der Waals surface area contributed by atoms with Gasteiger partial charge in [0.1, 0.15) is 12.4 Å². The summed E-state index contributed by atoms with van der Waals surface area (Å²) in [6, 6.07) is 5.60. The number of nitrogens with zero attached hydrogens (tertiary/aromatic N) is 1. The van der Waals surface area contributed by atoms with Crippen LogP contribution in [0.25, 0.3) is 6.08 Å². The lowest BCUT2D eigenvalue weighted by Crippen LogP contribution is -2.54. The number of halogens is 1. The average Bonchev–Trinajstić information content (AvgIpc) is 2.43. The van der Waals surface area contributed by atoms with Crippen LogP contribution >= 0.6 is 11.6 Å². The Bertz CT molecular complexity index is 571. The molecule has 1 saturated heterocycles. The molecule has 114 valence electrons. The molecule has 2 atom stereocenters. The van der Waals surface area contributed by atoms with Crippen molar-refractivity contribution >= 4 is 17.7 Å². The number of aliphatic hydroxyl groups excluding tert-OH is 1. The molecule has 0 aliphatic carbocycles. The van der Waals surface area contributed by atoms with Gasteiger partial charge in [0.05, 0.1) is 11.7 Å². The Morgan fingerprint density at radius 1 is 1.48 bits per heavy atom. The third-order valence-electron chi connectivity index (χ3n) is 4.25. The molecule has 2 aliphatic rings. The molecule has 5 heteroatoms. The van der Waals surface area contributed by atoms with Crippen LogP contribution in [0.1, 0.15) is 18.9 Å². The zero-order valence-electron chi connectivity index (χ0n) is 12.1. The van der Waals surface area contributed by atoms with Crippen molar-refractivity contribution in [1.29, 1.82) is 0 Å². The summed E-state index contributed by atoms with van der Waals surface area (Å²) in [5.41, 5.74) is 1.17. The topological polar surface area (TPSA) is 52.9 Å². The van der Waals surface area contributed by atoms with E-state index in [4.69, 9.17) is 16.3 Å². The van der Waals surface area contributed by atoms with E-state index in [0.717, 1.165) is 30.0 Å². The Morgan fingerprint density at radius 3 is 3.05 bits per heavy atom. The van der Waals surface area contributed by atoms with Gasteiger partial charge < -0.3 is 14.9 Å². The fourth-order valence-electron chi connectivity index (χ4n) is 2.80. The summed E-state index contributed by atoms with van der Waals surface area (Å²) in [5, 5.41) is 20.7. The van der Waals surface area contributed by atoms with E-state index in [1.165, 1.54) is 0 Å². The van der Waals surface area contributed by atoms with Gasteiger partial charge in [0.25, 0.3) is 0 Å². The number of hydrogen-bond acceptors (Lipinski definition) is 4. The van der Waals surface area contributed by atoms with Gasteiger partial charge in [-0.2, -0.15) is 0 Å². The summed E-state index contributed by atoms with van der Waals surface area (Å²) in [7, 11) is 0. The monoisotopic (exact) mass is 309 g/mol. The number of benzene rings is 1. The molecule has 2 N–H and O–H groups in total. The molecule has 1 aromatic carbocycles. The lowest BCUT2D eigenvalue weighted by atomic mass is 9.90. The van der Waals surface area contributed by atoms with Gasteiger partial charge in [-0.15, -0.1) is 0 Å². The SMILES string of the molecule is C[C@@]1(O)CCN(CC2=Cc3cc(Cl)ccc3OC2)C[C@@H]1O. The van der Waals surface area contributed by atoms with Crippen LogP contribution in [0.2, 0.25) is 5.02 Å². The van der Waals surface area contributed by atoms with Crippen molar-refractivity contribution < 1.29 is 14.9 Å². The van der Waals surface area contributed by atoms with Crippen molar-refractivity contribution in [2.45, 2.75) is 25.0 Å². The fraction of sp³-hybridized carbons (Fsp3) is 0.500. The quantitative estimate of drug-likeness (QED) is 0.876. The lowest BCUT2D eigenvalue weighted by Gasteiger charge is -2.40. The van der Waals surface area contributed by atoms with E-state index in [1.54, 1.807) is 6.92 Å². The number of aliphatic hydroxyl groups is 2. The van der Waals surface area contributed by atoms with E-state index in [2.05, 4.69) is 11.0 Å². The molecule has 2 aliphatic heterocycles. The molecule has 1 fully saturated rings. The third kappa shape index (κ3) is 3.24. The second-order valence-corrected chi connectivity index (χ2v) is 6.57. The minimum absolute atomic E-state index is 0.479. The Labute approximate surface area is 129 Å². The van der Waals surface area contributed by atoms with Crippen molar-refractivity contribution in [3.05, 3.63) is 34.4 Å². The molecule has 0 spiro atoms. The first-order valence-corrected chi connectivity index (χ1v) is 7.56. The van der Waals surface area contributed by atoms with Gasteiger partial charge in [0.2, 0.25) is 0 Å². The molecule has 21 heavy (non-hydrogen) atoms. The van der Waals surface area contributed by atoms with Crippen molar-refractivity contribution in [2.75, 3.05) is 26.2 Å². The van der Waals surface area contributed by atoms with Crippen LogP contribution in [0.15, 0.2) is 23.8 Å². The highest BCUT2D eigenvalue weighted by Crippen LogP contribution is 2.30. The molecule has 1 aromatic rings. The first kappa shape index (κ1) is 14.9. The second kappa shape index (κ2) is 5.61. The molecule has 0 radical (unpaired) electrons. The predicted molar refractivity (Wildman–Crippen MR) is 82.6 cm³/mol. The Kier molecular flexibility index (Phi) is 3.97. The van der Waals surface area contributed by atoms with Gasteiger partial charge in [0, 0.05) is 30.2 Å². The molecule has 0 aromatic heterocycles. The standard InChI is InChI=1S/C16H20ClNO3/c1-16(20)4-5-18(9-15(16)19)8-11-6-12-7-13(17)2-3-14(12)21-10-11/h2-3,6-7,15,19-20H,4-5,8-10H2,1H3/t15-,16+/m0/s1. The zero-order valence-corrected chi connectivity index (χ0v) is 12.8. The van der Waals surface area contributed by atoms with Gasteiger partial charge in [0.15, 0.2) is 0 Å². The normalized spacial score (nSPS) is 29.5. The zero-order chi connectivity index (χ0) is 15.0. The van der Waals surface area contributed by atoms with Crippen molar-refractivity contribution in [1.82, 2.24) is 4.90 Å². The molecular formula is C16H20ClNO3. The van der Waals surface area contributed by atoms with E-state index >= 15 is 0 Å². The number of rotatable bonds is 2. The van der Waals surface area contributed by atoms with Crippen molar-refractivity contribution in [2.24, 2.45) is 0 Å². The van der Waals surface area contributed by atoms with Crippen LogP contribution in [-0.2, 0) is 0 Å². The Balaban J connectivity index is 1.69. The molecule has 3 rings (SSSR count). The van der Waals surface area contributed by atoms with E-state index in [-0.39, 0.29) is 0 Å². The molecule has 0 saturated carbocycles. The number of β-amino-alcohol motifs (C(OH)–C–C–N with tert-alkyl or cyclic N) is 1. The molecule has 0 unspecified atom stereocenters. The molecule has 0 bridgehead atoms. The number of piperidine rings is 1. The summed E-state index contributed by atoms with van der Waals surface area (Å²) >= 11 is 6.01. The van der Waals surface area contributed by atoms with Crippen molar-refractivity contribution in [3.63, 3.8) is 0 Å². The summed E-state index contributed by atoms with van der Waals surface area (Å²) in [4.78, 5) is 2.15. The Hall–Kier alpha value is -1.07. The van der Waals surface area contributed by atoms with Crippen LogP contribution in [0.5, 0.6) is 5.75 Å². The van der Waals surface area contributed by atoms with Crippen LogP contribution in [-0.4, -0.2) is 53.1 Å². The molecular weight excluding hydrogens is 290 g/mol. The van der Waals surface area contributed by atoms with Gasteiger partial charge >= 0.3 is 0 Å². The molecule has 0 amide bonds. The number of fused-ring (bicyclic) bond motifs is 1. The smallest absolute Gasteiger partial charge is 0.127 e. The third-order valence-corrected chi connectivity index (χ3v) is 4.49. The van der Waals surface area contributed by atoms with Crippen LogP contribution in [0, 0.1) is 0 Å². The predicted octanol–water partition coefficient (Wildman–Crippen LogP) is 1.93. The first-order chi connectivity index (χ1) is 9.94. The maximum absolute atomic E-state index is 10.00. The summed E-state index contributed by atoms with van der Waals surface area (Å²) in [6.07, 6.45) is 1.97. The second-order valence-electron chi connectivity index (χ2n) is 6.13. The average molecular weight is 310 g/mol. The van der Waals surface area contributed by atoms with E-state index in [1.807, 2.05) is 18.2 Å². The highest BCUT2D eigenvalue weighted by atomic mass is 35.5. The number of likely N-dealkylation sites (tertiary alicyclic amines) is 1. The molecule has 2 heterocycles. The first-order valence-electron chi connectivity index (χ1n) is 7.19. The maximum atomic E-state index is 10.00. The minimum atomic E-state index is -0.978. The van der Waals surface area contributed by atoms with Gasteiger partial charge in [-0.05, 0) is 43.2 Å². The maximum Gasteiger partial charge on any atom is 0.127 e. The summed E-state index contributed by atoms with van der Waals surface area (Å²) < 4.78 is 5.73.